The van der Waals surface area contributed by atoms with E-state index in [2.05, 4.69) is 35.3 Å². The van der Waals surface area contributed by atoms with Crippen LogP contribution in [0.5, 0.6) is 0 Å². The SMILES string of the molecule is CC(C)(O)c1nnc(-c2ncc(F)c([C@@]34CC[C@@H](c5cc(-c6c(F)cccc6F)nnc53)C4(C)C)n2)[nH]1. The fourth-order valence-electron chi connectivity index (χ4n) is 6.13. The predicted octanol–water partition coefficient (Wildman–Crippen LogP) is 4.57. The minimum atomic E-state index is -1.26. The van der Waals surface area contributed by atoms with Gasteiger partial charge in [0.15, 0.2) is 23.3 Å². The molecule has 0 aliphatic heterocycles. The molecule has 2 N–H and O–H groups in total. The number of nitrogens with one attached hydrogen (secondary N) is 1. The normalized spacial score (nSPS) is 21.9. The van der Waals surface area contributed by atoms with Crippen LogP contribution in [0, 0.1) is 22.9 Å². The number of hydrogen-bond acceptors (Lipinski definition) is 7. The number of H-pyrrole nitrogens is 1. The van der Waals surface area contributed by atoms with Gasteiger partial charge in [0.2, 0.25) is 0 Å². The van der Waals surface area contributed by atoms with Gasteiger partial charge in [-0.1, -0.05) is 19.9 Å². The molecular weight excluding hydrogens is 483 g/mol. The summed E-state index contributed by atoms with van der Waals surface area (Å²) in [5.41, 5.74) is -1.38. The van der Waals surface area contributed by atoms with Crippen LogP contribution < -0.4 is 0 Å². The number of nitrogens with zero attached hydrogens (tertiary/aromatic N) is 6. The van der Waals surface area contributed by atoms with Gasteiger partial charge < -0.3 is 10.1 Å². The van der Waals surface area contributed by atoms with Crippen LogP contribution >= 0.6 is 0 Å². The van der Waals surface area contributed by atoms with Crippen LogP contribution in [-0.4, -0.2) is 40.5 Å². The van der Waals surface area contributed by atoms with Crippen molar-refractivity contribution in [1.29, 1.82) is 0 Å². The Morgan fingerprint density at radius 3 is 2.41 bits per heavy atom. The standard InChI is InChI=1S/C26H24F3N7O/c1-24(2)13-8-9-26(24,19-12(13)10-17(33-34-19)18-14(27)6-5-7-15(18)28)20-16(29)11-30-21(31-20)22-32-23(36-35-22)25(3,4)37/h5-7,10-11,13,37H,8-9H2,1-4H3,(H,32,35,36)/t13-,26+/m0/s1. The molecule has 190 valence electrons. The Bertz CT molecular complexity index is 1540. The van der Waals surface area contributed by atoms with Gasteiger partial charge in [0.05, 0.1) is 34.3 Å². The molecule has 6 rings (SSSR count). The average Bonchev–Trinajstić information content (AvgIpc) is 3.48. The van der Waals surface area contributed by atoms with E-state index in [0.29, 0.717) is 12.1 Å². The maximum Gasteiger partial charge on any atom is 0.199 e. The van der Waals surface area contributed by atoms with E-state index in [9.17, 15) is 13.9 Å². The van der Waals surface area contributed by atoms with Crippen LogP contribution in [-0.2, 0) is 11.0 Å². The van der Waals surface area contributed by atoms with Crippen LogP contribution in [0.25, 0.3) is 22.9 Å². The van der Waals surface area contributed by atoms with E-state index < -0.39 is 33.9 Å². The number of hydrogen-bond donors (Lipinski definition) is 2. The zero-order chi connectivity index (χ0) is 26.3. The first-order valence-electron chi connectivity index (χ1n) is 12.0. The van der Waals surface area contributed by atoms with Gasteiger partial charge in [-0.15, -0.1) is 15.3 Å². The molecule has 0 unspecified atom stereocenters. The van der Waals surface area contributed by atoms with Crippen LogP contribution in [0.2, 0.25) is 0 Å². The molecule has 2 atom stereocenters. The second kappa shape index (κ2) is 7.64. The Morgan fingerprint density at radius 1 is 1.00 bits per heavy atom. The minimum absolute atomic E-state index is 0.0449. The molecule has 2 aliphatic carbocycles. The highest BCUT2D eigenvalue weighted by Gasteiger charge is 2.66. The number of benzene rings is 1. The molecule has 2 aliphatic rings. The maximum absolute atomic E-state index is 15.5. The molecule has 3 heterocycles. The lowest BCUT2D eigenvalue weighted by molar-refractivity contribution is 0.0692. The van der Waals surface area contributed by atoms with Gasteiger partial charge in [0.1, 0.15) is 17.2 Å². The molecule has 3 aromatic heterocycles. The van der Waals surface area contributed by atoms with Crippen LogP contribution in [0.3, 0.4) is 0 Å². The third-order valence-electron chi connectivity index (χ3n) is 8.03. The predicted molar refractivity (Wildman–Crippen MR) is 127 cm³/mol. The van der Waals surface area contributed by atoms with E-state index in [1.807, 2.05) is 13.8 Å². The maximum atomic E-state index is 15.5. The Labute approximate surface area is 210 Å². The number of aromatic nitrogens is 7. The zero-order valence-corrected chi connectivity index (χ0v) is 20.6. The first kappa shape index (κ1) is 23.7. The van der Waals surface area contributed by atoms with Crippen molar-refractivity contribution in [1.82, 2.24) is 35.3 Å². The van der Waals surface area contributed by atoms with Crippen molar-refractivity contribution in [2.75, 3.05) is 0 Å². The van der Waals surface area contributed by atoms with Gasteiger partial charge in [-0.3, -0.25) is 0 Å². The lowest BCUT2D eigenvalue weighted by Gasteiger charge is -2.37. The highest BCUT2D eigenvalue weighted by molar-refractivity contribution is 5.64. The first-order chi connectivity index (χ1) is 17.4. The van der Waals surface area contributed by atoms with Crippen molar-refractivity contribution in [2.45, 2.75) is 57.5 Å². The third kappa shape index (κ3) is 3.19. The second-order valence-corrected chi connectivity index (χ2v) is 10.8. The van der Waals surface area contributed by atoms with Gasteiger partial charge in [-0.2, -0.15) is 5.10 Å². The van der Waals surface area contributed by atoms with Crippen molar-refractivity contribution >= 4 is 0 Å². The fourth-order valence-corrected chi connectivity index (χ4v) is 6.13. The molecule has 0 spiro atoms. The summed E-state index contributed by atoms with van der Waals surface area (Å²) in [4.78, 5) is 11.6. The van der Waals surface area contributed by atoms with Crippen molar-refractivity contribution in [3.8, 4) is 22.9 Å². The van der Waals surface area contributed by atoms with Crippen molar-refractivity contribution < 1.29 is 18.3 Å². The van der Waals surface area contributed by atoms with Crippen LogP contribution in [0.1, 0.15) is 69.2 Å². The molecule has 0 radical (unpaired) electrons. The lowest BCUT2D eigenvalue weighted by atomic mass is 9.66. The summed E-state index contributed by atoms with van der Waals surface area (Å²) in [5, 5.41) is 26.9. The van der Waals surface area contributed by atoms with Gasteiger partial charge in [0.25, 0.3) is 0 Å². The minimum Gasteiger partial charge on any atom is -0.382 e. The third-order valence-corrected chi connectivity index (χ3v) is 8.03. The molecule has 1 aromatic carbocycles. The number of rotatable bonds is 4. The number of fused-ring (bicyclic) bond motifs is 5. The molecule has 37 heavy (non-hydrogen) atoms. The van der Waals surface area contributed by atoms with Crippen molar-refractivity contribution in [3.05, 3.63) is 70.7 Å². The smallest absolute Gasteiger partial charge is 0.199 e. The summed E-state index contributed by atoms with van der Waals surface area (Å²) < 4.78 is 44.5. The Hall–Kier alpha value is -3.73. The first-order valence-corrected chi connectivity index (χ1v) is 12.0. The zero-order valence-electron chi connectivity index (χ0n) is 20.6. The van der Waals surface area contributed by atoms with Gasteiger partial charge in [0, 0.05) is 0 Å². The number of halogens is 3. The number of aliphatic hydroxyl groups is 1. The van der Waals surface area contributed by atoms with E-state index in [1.165, 1.54) is 18.2 Å². The van der Waals surface area contributed by atoms with E-state index >= 15 is 4.39 Å². The van der Waals surface area contributed by atoms with Gasteiger partial charge in [-0.25, -0.2) is 23.1 Å². The molecule has 11 heteroatoms. The van der Waals surface area contributed by atoms with Crippen molar-refractivity contribution in [3.63, 3.8) is 0 Å². The monoisotopic (exact) mass is 507 g/mol. The Kier molecular flexibility index (Phi) is 4.88. The second-order valence-electron chi connectivity index (χ2n) is 10.8. The summed E-state index contributed by atoms with van der Waals surface area (Å²) in [6.45, 7) is 7.17. The number of aromatic amines is 1. The summed E-state index contributed by atoms with van der Waals surface area (Å²) in [6.07, 6.45) is 2.38. The van der Waals surface area contributed by atoms with E-state index in [1.54, 1.807) is 19.9 Å². The summed E-state index contributed by atoms with van der Waals surface area (Å²) in [6, 6.07) is 5.32. The highest BCUT2D eigenvalue weighted by atomic mass is 19.1. The Balaban J connectivity index is 1.51. The lowest BCUT2D eigenvalue weighted by Crippen LogP contribution is -2.39. The molecule has 2 bridgehead atoms. The van der Waals surface area contributed by atoms with Crippen molar-refractivity contribution in [2.24, 2.45) is 5.41 Å². The van der Waals surface area contributed by atoms with Gasteiger partial charge >= 0.3 is 0 Å². The van der Waals surface area contributed by atoms with Crippen LogP contribution in [0.4, 0.5) is 13.2 Å². The van der Waals surface area contributed by atoms with E-state index in [4.69, 9.17) is 0 Å². The largest absolute Gasteiger partial charge is 0.382 e. The van der Waals surface area contributed by atoms with E-state index in [-0.39, 0.29) is 40.3 Å². The average molecular weight is 508 g/mol. The fraction of sp³-hybridized carbons (Fsp3) is 0.385. The molecule has 0 amide bonds. The van der Waals surface area contributed by atoms with E-state index in [0.717, 1.165) is 18.2 Å². The summed E-state index contributed by atoms with van der Waals surface area (Å²) >= 11 is 0. The van der Waals surface area contributed by atoms with Crippen LogP contribution in [0.15, 0.2) is 30.5 Å². The summed E-state index contributed by atoms with van der Waals surface area (Å²) in [7, 11) is 0. The van der Waals surface area contributed by atoms with Gasteiger partial charge in [-0.05, 0) is 61.8 Å². The topological polar surface area (TPSA) is 113 Å². The molecule has 1 saturated carbocycles. The molecular formula is C26H24F3N7O. The summed E-state index contributed by atoms with van der Waals surface area (Å²) in [5.74, 6) is -1.56. The molecule has 4 aromatic rings. The Morgan fingerprint density at radius 2 is 1.73 bits per heavy atom. The molecule has 1 fully saturated rings. The quantitative estimate of drug-likeness (QED) is 0.416. The highest BCUT2D eigenvalue weighted by Crippen LogP contribution is 2.69. The molecule has 0 saturated heterocycles. The molecule has 8 nitrogen and oxygen atoms in total.